The van der Waals surface area contributed by atoms with Crippen LogP contribution < -0.4 is 4.74 Å². The van der Waals surface area contributed by atoms with Crippen molar-refractivity contribution in [3.8, 4) is 5.75 Å². The summed E-state index contributed by atoms with van der Waals surface area (Å²) in [6, 6.07) is 13.5. The van der Waals surface area contributed by atoms with Gasteiger partial charge in [-0.3, -0.25) is 9.98 Å². The fraction of sp³-hybridized carbons (Fsp3) is 0.200. The molecule has 0 bridgehead atoms. The van der Waals surface area contributed by atoms with E-state index in [1.54, 1.807) is 6.20 Å². The van der Waals surface area contributed by atoms with E-state index in [4.69, 9.17) is 32.9 Å². The van der Waals surface area contributed by atoms with Crippen LogP contribution in [0.3, 0.4) is 0 Å². The lowest BCUT2D eigenvalue weighted by Gasteiger charge is -2.24. The summed E-state index contributed by atoms with van der Waals surface area (Å²) < 4.78 is 6.15. The van der Waals surface area contributed by atoms with Gasteiger partial charge in [-0.1, -0.05) is 41.4 Å². The highest BCUT2D eigenvalue weighted by Crippen LogP contribution is 2.36. The van der Waals surface area contributed by atoms with Gasteiger partial charge in [0.05, 0.1) is 27.8 Å². The van der Waals surface area contributed by atoms with Crippen molar-refractivity contribution in [1.29, 1.82) is 0 Å². The lowest BCUT2D eigenvalue weighted by molar-refractivity contribution is 0.121. The van der Waals surface area contributed by atoms with E-state index in [9.17, 15) is 0 Å². The van der Waals surface area contributed by atoms with Crippen LogP contribution in [0.4, 0.5) is 0 Å². The molecule has 5 heteroatoms. The smallest absolute Gasteiger partial charge is 0.148 e. The van der Waals surface area contributed by atoms with E-state index >= 15 is 0 Å². The maximum atomic E-state index is 6.40. The topological polar surface area (TPSA) is 34.5 Å². The van der Waals surface area contributed by atoms with Crippen LogP contribution in [0.2, 0.25) is 10.0 Å². The molecule has 2 heterocycles. The Bertz CT molecular complexity index is 1010. The molecular weight excluding hydrogens is 355 g/mol. The number of halogens is 2. The summed E-state index contributed by atoms with van der Waals surface area (Å²) in [6.45, 7) is 4.54. The first-order valence-corrected chi connectivity index (χ1v) is 8.77. The molecule has 1 aromatic heterocycles. The third-order valence-electron chi connectivity index (χ3n) is 4.15. The number of rotatable bonds is 1. The van der Waals surface area contributed by atoms with Crippen LogP contribution in [0.25, 0.3) is 10.9 Å². The zero-order valence-electron chi connectivity index (χ0n) is 13.9. The van der Waals surface area contributed by atoms with Gasteiger partial charge in [-0.2, -0.15) is 0 Å². The molecule has 2 aromatic carbocycles. The summed E-state index contributed by atoms with van der Waals surface area (Å²) in [5.41, 5.74) is 2.97. The second-order valence-corrected chi connectivity index (χ2v) is 7.49. The van der Waals surface area contributed by atoms with Crippen molar-refractivity contribution in [2.45, 2.75) is 19.4 Å². The van der Waals surface area contributed by atoms with E-state index in [0.717, 1.165) is 27.7 Å². The number of ether oxygens (including phenoxy) is 1. The van der Waals surface area contributed by atoms with Gasteiger partial charge in [0.1, 0.15) is 11.4 Å². The summed E-state index contributed by atoms with van der Waals surface area (Å²) in [7, 11) is 0. The Morgan fingerprint density at radius 1 is 1.04 bits per heavy atom. The first kappa shape index (κ1) is 16.4. The van der Waals surface area contributed by atoms with Crippen LogP contribution >= 0.6 is 23.2 Å². The fourth-order valence-electron chi connectivity index (χ4n) is 2.96. The molecule has 0 N–H and O–H groups in total. The molecule has 0 saturated heterocycles. The number of aromatic nitrogens is 1. The van der Waals surface area contributed by atoms with Crippen LogP contribution in [-0.2, 0) is 0 Å². The SMILES string of the molecule is CC1(C)CN=C(c2cnc3c(Cl)cccc3c2)c2cccc(Cl)c2O1. The summed E-state index contributed by atoms with van der Waals surface area (Å²) in [4.78, 5) is 9.35. The molecular formula is C20H16Cl2N2O. The summed E-state index contributed by atoms with van der Waals surface area (Å²) in [5.74, 6) is 0.664. The van der Waals surface area contributed by atoms with Crippen molar-refractivity contribution in [3.05, 3.63) is 69.8 Å². The van der Waals surface area contributed by atoms with Gasteiger partial charge in [0.15, 0.2) is 0 Å². The van der Waals surface area contributed by atoms with Crippen LogP contribution in [0.5, 0.6) is 5.75 Å². The highest BCUT2D eigenvalue weighted by atomic mass is 35.5. The molecule has 3 nitrogen and oxygen atoms in total. The molecule has 0 atom stereocenters. The largest absolute Gasteiger partial charge is 0.484 e. The van der Waals surface area contributed by atoms with E-state index in [1.165, 1.54) is 0 Å². The van der Waals surface area contributed by atoms with E-state index in [1.807, 2.05) is 50.2 Å². The van der Waals surface area contributed by atoms with E-state index in [-0.39, 0.29) is 0 Å². The van der Waals surface area contributed by atoms with Crippen LogP contribution in [0, 0.1) is 0 Å². The van der Waals surface area contributed by atoms with Crippen molar-refractivity contribution < 1.29 is 4.74 Å². The van der Waals surface area contributed by atoms with Gasteiger partial charge in [-0.15, -0.1) is 0 Å². The number of pyridine rings is 1. The van der Waals surface area contributed by atoms with Gasteiger partial charge < -0.3 is 4.74 Å². The highest BCUT2D eigenvalue weighted by molar-refractivity contribution is 6.35. The van der Waals surface area contributed by atoms with Gasteiger partial charge in [-0.05, 0) is 38.1 Å². The summed E-state index contributed by atoms with van der Waals surface area (Å²) >= 11 is 12.6. The summed E-state index contributed by atoms with van der Waals surface area (Å²) in [6.07, 6.45) is 1.80. The first-order valence-electron chi connectivity index (χ1n) is 8.02. The van der Waals surface area contributed by atoms with Crippen LogP contribution in [-0.4, -0.2) is 22.8 Å². The summed E-state index contributed by atoms with van der Waals surface area (Å²) in [5, 5.41) is 2.19. The normalized spacial score (nSPS) is 15.9. The Labute approximate surface area is 156 Å². The lowest BCUT2D eigenvalue weighted by Crippen LogP contribution is -2.31. The van der Waals surface area contributed by atoms with Gasteiger partial charge in [0.25, 0.3) is 0 Å². The number of benzene rings is 2. The zero-order chi connectivity index (χ0) is 17.6. The Hall–Kier alpha value is -2.10. The molecule has 1 aliphatic rings. The number of hydrogen-bond acceptors (Lipinski definition) is 3. The molecule has 0 fully saturated rings. The molecule has 0 radical (unpaired) electrons. The molecule has 0 unspecified atom stereocenters. The molecule has 0 aliphatic carbocycles. The fourth-order valence-corrected chi connectivity index (χ4v) is 3.41. The molecule has 0 amide bonds. The van der Waals surface area contributed by atoms with Gasteiger partial charge in [0.2, 0.25) is 0 Å². The Balaban J connectivity index is 1.93. The molecule has 3 aromatic rings. The number of para-hydroxylation sites is 2. The Kier molecular flexibility index (Phi) is 3.94. The minimum atomic E-state index is -0.435. The maximum absolute atomic E-state index is 6.40. The lowest BCUT2D eigenvalue weighted by atomic mass is 10.0. The van der Waals surface area contributed by atoms with Crippen molar-refractivity contribution in [1.82, 2.24) is 4.98 Å². The third kappa shape index (κ3) is 2.99. The third-order valence-corrected chi connectivity index (χ3v) is 4.76. The van der Waals surface area contributed by atoms with Gasteiger partial charge >= 0.3 is 0 Å². The highest BCUT2D eigenvalue weighted by Gasteiger charge is 2.28. The first-order chi connectivity index (χ1) is 11.9. The Morgan fingerprint density at radius 3 is 2.64 bits per heavy atom. The maximum Gasteiger partial charge on any atom is 0.148 e. The molecule has 25 heavy (non-hydrogen) atoms. The van der Waals surface area contributed by atoms with Crippen LogP contribution in [0.15, 0.2) is 53.7 Å². The van der Waals surface area contributed by atoms with Crippen LogP contribution in [0.1, 0.15) is 25.0 Å². The zero-order valence-corrected chi connectivity index (χ0v) is 15.4. The second kappa shape index (κ2) is 6.01. The molecule has 0 saturated carbocycles. The predicted octanol–water partition coefficient (Wildman–Crippen LogP) is 5.55. The monoisotopic (exact) mass is 370 g/mol. The number of aliphatic imine (C=N–C) groups is 1. The van der Waals surface area contributed by atoms with Gasteiger partial charge in [0, 0.05) is 22.7 Å². The Morgan fingerprint density at radius 2 is 1.80 bits per heavy atom. The number of hydrogen-bond donors (Lipinski definition) is 0. The standard InChI is InChI=1S/C20H16Cl2N2O/c1-20(2)11-24-17(14-6-4-8-16(22)19(14)25-20)13-9-12-5-3-7-15(21)18(12)23-10-13/h3-10H,11H2,1-2H3. The second-order valence-electron chi connectivity index (χ2n) is 6.68. The van der Waals surface area contributed by atoms with E-state index < -0.39 is 5.60 Å². The average Bonchev–Trinajstić information content (AvgIpc) is 2.71. The predicted molar refractivity (Wildman–Crippen MR) is 103 cm³/mol. The minimum Gasteiger partial charge on any atom is -0.484 e. The van der Waals surface area contributed by atoms with Gasteiger partial charge in [-0.25, -0.2) is 0 Å². The van der Waals surface area contributed by atoms with E-state index in [0.29, 0.717) is 22.3 Å². The molecule has 4 rings (SSSR count). The molecule has 126 valence electrons. The average molecular weight is 371 g/mol. The van der Waals surface area contributed by atoms with Crippen molar-refractivity contribution in [2.24, 2.45) is 4.99 Å². The number of fused-ring (bicyclic) bond motifs is 2. The molecule has 0 spiro atoms. The molecule has 1 aliphatic heterocycles. The van der Waals surface area contributed by atoms with Crippen molar-refractivity contribution in [3.63, 3.8) is 0 Å². The van der Waals surface area contributed by atoms with Crippen molar-refractivity contribution in [2.75, 3.05) is 6.54 Å². The van der Waals surface area contributed by atoms with Crippen molar-refractivity contribution >= 4 is 39.8 Å². The minimum absolute atomic E-state index is 0.435. The quantitative estimate of drug-likeness (QED) is 0.562. The number of nitrogens with zero attached hydrogens (tertiary/aromatic N) is 2. The van der Waals surface area contributed by atoms with E-state index in [2.05, 4.69) is 11.1 Å².